The lowest BCUT2D eigenvalue weighted by atomic mass is 10.1. The van der Waals surface area contributed by atoms with E-state index in [1.165, 1.54) is 116 Å². The Morgan fingerprint density at radius 2 is 0.714 bits per heavy atom. The Morgan fingerprint density at radius 1 is 0.429 bits per heavy atom. The molecule has 0 aliphatic heterocycles. The molecule has 0 amide bonds. The first-order valence-electron chi connectivity index (χ1n) is 20.8. The molecule has 0 spiro atoms. The van der Waals surface area contributed by atoms with E-state index in [0.29, 0.717) is 19.3 Å². The van der Waals surface area contributed by atoms with E-state index >= 15 is 0 Å². The van der Waals surface area contributed by atoms with E-state index in [-0.39, 0.29) is 31.1 Å². The third-order valence-electron chi connectivity index (χ3n) is 9.22. The highest BCUT2D eigenvalue weighted by Crippen LogP contribution is 2.15. The molecule has 0 aromatic rings. The summed E-state index contributed by atoms with van der Waals surface area (Å²) < 4.78 is 16.6. The smallest absolute Gasteiger partial charge is 0.306 e. The average molecular weight is 691 g/mol. The molecule has 0 atom stereocenters. The summed E-state index contributed by atoms with van der Waals surface area (Å²) in [5, 5.41) is 0. The molecule has 49 heavy (non-hydrogen) atoms. The number of carbonyl (C=O) groups is 3. The molecule has 0 rings (SSSR count). The molecule has 0 aliphatic carbocycles. The van der Waals surface area contributed by atoms with Gasteiger partial charge in [-0.2, -0.15) is 0 Å². The fraction of sp³-hybridized carbons (Fsp3) is 0.837. The Morgan fingerprint density at radius 3 is 1.04 bits per heavy atom. The van der Waals surface area contributed by atoms with Crippen molar-refractivity contribution in [3.05, 3.63) is 25.3 Å². The van der Waals surface area contributed by atoms with Crippen molar-refractivity contribution < 1.29 is 28.6 Å². The summed E-state index contributed by atoms with van der Waals surface area (Å²) in [6.45, 7) is 9.63. The zero-order chi connectivity index (χ0) is 35.9. The normalized spacial score (nSPS) is 11.1. The van der Waals surface area contributed by atoms with Gasteiger partial charge in [-0.25, -0.2) is 0 Å². The third-order valence-corrected chi connectivity index (χ3v) is 9.22. The van der Waals surface area contributed by atoms with Crippen LogP contribution in [-0.2, 0) is 28.6 Å². The molecule has 6 nitrogen and oxygen atoms in total. The monoisotopic (exact) mass is 691 g/mol. The Balaban J connectivity index is 4.32. The summed E-state index contributed by atoms with van der Waals surface area (Å²) in [6.07, 6.45) is 38.0. The molecule has 0 heterocycles. The number of ether oxygens (including phenoxy) is 3. The lowest BCUT2D eigenvalue weighted by Crippen LogP contribution is -2.30. The minimum absolute atomic E-state index is 0.0743. The quantitative estimate of drug-likeness (QED) is 0.0276. The van der Waals surface area contributed by atoms with E-state index in [9.17, 15) is 14.4 Å². The van der Waals surface area contributed by atoms with Gasteiger partial charge in [-0.3, -0.25) is 14.4 Å². The molecular formula is C43H78O6. The number of rotatable bonds is 39. The maximum absolute atomic E-state index is 12.6. The van der Waals surface area contributed by atoms with Gasteiger partial charge in [-0.05, 0) is 44.9 Å². The molecule has 6 heteroatoms. The molecule has 0 aliphatic rings. The van der Waals surface area contributed by atoms with E-state index in [2.05, 4.69) is 20.1 Å². The average Bonchev–Trinajstić information content (AvgIpc) is 3.10. The van der Waals surface area contributed by atoms with Crippen LogP contribution in [0.25, 0.3) is 0 Å². The predicted molar refractivity (Wildman–Crippen MR) is 206 cm³/mol. The molecule has 0 aromatic carbocycles. The highest BCUT2D eigenvalue weighted by atomic mass is 16.6. The van der Waals surface area contributed by atoms with Crippen molar-refractivity contribution in [1.29, 1.82) is 0 Å². The lowest BCUT2D eigenvalue weighted by Gasteiger charge is -2.18. The summed E-state index contributed by atoms with van der Waals surface area (Å²) in [5.41, 5.74) is 0. The van der Waals surface area contributed by atoms with Gasteiger partial charge in [0.2, 0.25) is 0 Å². The van der Waals surface area contributed by atoms with Gasteiger partial charge in [-0.15, -0.1) is 13.2 Å². The molecule has 0 saturated carbocycles. The van der Waals surface area contributed by atoms with Crippen molar-refractivity contribution >= 4 is 17.9 Å². The number of unbranched alkanes of at least 4 members (excludes halogenated alkanes) is 26. The number of hydrogen-bond acceptors (Lipinski definition) is 6. The van der Waals surface area contributed by atoms with Gasteiger partial charge in [0.25, 0.3) is 0 Å². The van der Waals surface area contributed by atoms with Crippen LogP contribution in [-0.4, -0.2) is 37.2 Å². The molecule has 0 unspecified atom stereocenters. The first kappa shape index (κ1) is 46.9. The van der Waals surface area contributed by atoms with Crippen molar-refractivity contribution in [3.63, 3.8) is 0 Å². The Bertz CT molecular complexity index is 732. The van der Waals surface area contributed by atoms with E-state index in [0.717, 1.165) is 70.6 Å². The Labute approximate surface area is 303 Å². The molecule has 0 aromatic heterocycles. The number of carbonyl (C=O) groups excluding carboxylic acids is 3. The van der Waals surface area contributed by atoms with Crippen LogP contribution in [0.15, 0.2) is 25.3 Å². The van der Waals surface area contributed by atoms with Crippen LogP contribution < -0.4 is 0 Å². The molecule has 0 radical (unpaired) electrons. The topological polar surface area (TPSA) is 78.9 Å². The highest BCUT2D eigenvalue weighted by molar-refractivity contribution is 5.71. The van der Waals surface area contributed by atoms with Gasteiger partial charge in [0.15, 0.2) is 6.10 Å². The van der Waals surface area contributed by atoms with E-state index in [1.54, 1.807) is 0 Å². The van der Waals surface area contributed by atoms with Crippen LogP contribution in [0.4, 0.5) is 0 Å². The molecule has 286 valence electrons. The van der Waals surface area contributed by atoms with Gasteiger partial charge in [0.05, 0.1) is 0 Å². The minimum Gasteiger partial charge on any atom is -0.462 e. The first-order chi connectivity index (χ1) is 24.0. The molecule has 0 saturated heterocycles. The summed E-state index contributed by atoms with van der Waals surface area (Å²) in [7, 11) is 0. The maximum Gasteiger partial charge on any atom is 0.306 e. The van der Waals surface area contributed by atoms with Gasteiger partial charge < -0.3 is 14.2 Å². The molecule has 0 bridgehead atoms. The minimum atomic E-state index is -0.767. The zero-order valence-corrected chi connectivity index (χ0v) is 32.1. The van der Waals surface area contributed by atoms with Crippen LogP contribution >= 0.6 is 0 Å². The second kappa shape index (κ2) is 38.7. The van der Waals surface area contributed by atoms with Gasteiger partial charge in [0, 0.05) is 19.3 Å². The van der Waals surface area contributed by atoms with E-state index in [4.69, 9.17) is 14.2 Å². The Kier molecular flexibility index (Phi) is 37.0. The number of esters is 3. The number of allylic oxidation sites excluding steroid dienone is 2. The highest BCUT2D eigenvalue weighted by Gasteiger charge is 2.19. The lowest BCUT2D eigenvalue weighted by molar-refractivity contribution is -0.167. The standard InChI is InChI=1S/C43H78O6/c1-4-7-10-13-16-19-21-24-26-29-32-35-41(44)47-38-40(49-43(46)37-34-31-28-23-18-15-12-9-6-3)39-48-42(45)36-33-30-27-25-22-20-17-14-11-8-5-2/h4-5,40H,1-2,6-39H2,3H3. The van der Waals surface area contributed by atoms with Crippen LogP contribution in [0.2, 0.25) is 0 Å². The zero-order valence-electron chi connectivity index (χ0n) is 32.1. The fourth-order valence-corrected chi connectivity index (χ4v) is 6.05. The second-order valence-electron chi connectivity index (χ2n) is 14.1. The van der Waals surface area contributed by atoms with Crippen LogP contribution in [0.1, 0.15) is 212 Å². The predicted octanol–water partition coefficient (Wildman–Crippen LogP) is 12.9. The first-order valence-corrected chi connectivity index (χ1v) is 20.8. The van der Waals surface area contributed by atoms with Gasteiger partial charge in [0.1, 0.15) is 13.2 Å². The van der Waals surface area contributed by atoms with Crippen LogP contribution in [0, 0.1) is 0 Å². The van der Waals surface area contributed by atoms with Crippen LogP contribution in [0.5, 0.6) is 0 Å². The molecular weight excluding hydrogens is 612 g/mol. The summed E-state index contributed by atoms with van der Waals surface area (Å²) in [6, 6.07) is 0. The van der Waals surface area contributed by atoms with Crippen molar-refractivity contribution in [2.45, 2.75) is 218 Å². The maximum atomic E-state index is 12.6. The van der Waals surface area contributed by atoms with Crippen molar-refractivity contribution in [3.8, 4) is 0 Å². The van der Waals surface area contributed by atoms with Crippen LogP contribution in [0.3, 0.4) is 0 Å². The van der Waals surface area contributed by atoms with Gasteiger partial charge in [-0.1, -0.05) is 160 Å². The van der Waals surface area contributed by atoms with Crippen molar-refractivity contribution in [2.24, 2.45) is 0 Å². The Hall–Kier alpha value is -2.11. The summed E-state index contributed by atoms with van der Waals surface area (Å²) in [5.74, 6) is -0.892. The molecule has 0 N–H and O–H groups in total. The third kappa shape index (κ3) is 37.0. The van der Waals surface area contributed by atoms with Crippen molar-refractivity contribution in [1.82, 2.24) is 0 Å². The van der Waals surface area contributed by atoms with Gasteiger partial charge >= 0.3 is 17.9 Å². The second-order valence-corrected chi connectivity index (χ2v) is 14.1. The van der Waals surface area contributed by atoms with E-state index in [1.807, 2.05) is 12.2 Å². The van der Waals surface area contributed by atoms with E-state index < -0.39 is 6.10 Å². The fourth-order valence-electron chi connectivity index (χ4n) is 6.05. The summed E-state index contributed by atoms with van der Waals surface area (Å²) >= 11 is 0. The largest absolute Gasteiger partial charge is 0.462 e. The number of hydrogen-bond donors (Lipinski definition) is 0. The SMILES string of the molecule is C=CCCCCCCCCCCCC(=O)OCC(COC(=O)CCCCCCCCCCCC=C)OC(=O)CCCCCCCCCCC. The van der Waals surface area contributed by atoms with Crippen molar-refractivity contribution in [2.75, 3.05) is 13.2 Å². The summed E-state index contributed by atoms with van der Waals surface area (Å²) in [4.78, 5) is 37.5. The molecule has 0 fully saturated rings.